The van der Waals surface area contributed by atoms with Crippen LogP contribution in [0.15, 0.2) is 10.9 Å². The number of urea groups is 1. The highest BCUT2D eigenvalue weighted by atomic mass is 16.5. The number of hydrogen-bond acceptors (Lipinski definition) is 5. The second-order valence-corrected chi connectivity index (χ2v) is 4.37. The molecule has 8 nitrogen and oxygen atoms in total. The molecule has 1 aromatic heterocycles. The molecular weight excluding hydrogens is 252 g/mol. The average molecular weight is 268 g/mol. The molecular formula is C11H16N4O4. The van der Waals surface area contributed by atoms with Crippen LogP contribution in [0.1, 0.15) is 25.1 Å². The Labute approximate surface area is 109 Å². The third kappa shape index (κ3) is 3.43. The summed E-state index contributed by atoms with van der Waals surface area (Å²) in [4.78, 5) is 28.2. The zero-order valence-corrected chi connectivity index (χ0v) is 10.4. The second-order valence-electron chi connectivity index (χ2n) is 4.37. The Bertz CT molecular complexity index is 434. The summed E-state index contributed by atoms with van der Waals surface area (Å²) >= 11 is 0. The Balaban J connectivity index is 1.82. The molecule has 0 aliphatic carbocycles. The van der Waals surface area contributed by atoms with Crippen molar-refractivity contribution in [3.8, 4) is 0 Å². The molecule has 19 heavy (non-hydrogen) atoms. The smallest absolute Gasteiger partial charge is 0.326 e. The van der Waals surface area contributed by atoms with E-state index in [-0.39, 0.29) is 6.03 Å². The van der Waals surface area contributed by atoms with Crippen LogP contribution in [-0.2, 0) is 11.2 Å². The Morgan fingerprint density at radius 2 is 2.37 bits per heavy atom. The van der Waals surface area contributed by atoms with Crippen molar-refractivity contribution >= 4 is 12.0 Å². The minimum absolute atomic E-state index is 0.348. The number of likely N-dealkylation sites (tertiary alicyclic amines) is 1. The number of nitrogens with one attached hydrogen (secondary N) is 1. The van der Waals surface area contributed by atoms with Gasteiger partial charge >= 0.3 is 12.0 Å². The number of carboxylic acid groups (broad SMARTS) is 1. The molecule has 2 rings (SSSR count). The number of piperidine rings is 1. The summed E-state index contributed by atoms with van der Waals surface area (Å²) in [7, 11) is 0. The van der Waals surface area contributed by atoms with Gasteiger partial charge in [-0.1, -0.05) is 5.16 Å². The summed E-state index contributed by atoms with van der Waals surface area (Å²) in [6.07, 6.45) is 3.86. The number of hydrogen-bond donors (Lipinski definition) is 2. The molecule has 8 heteroatoms. The van der Waals surface area contributed by atoms with Crippen LogP contribution in [-0.4, -0.2) is 51.3 Å². The third-order valence-electron chi connectivity index (χ3n) is 3.08. The largest absolute Gasteiger partial charge is 0.480 e. The maximum Gasteiger partial charge on any atom is 0.326 e. The average Bonchev–Trinajstić information content (AvgIpc) is 2.91. The fraction of sp³-hybridized carbons (Fsp3) is 0.636. The first-order chi connectivity index (χ1) is 9.18. The summed E-state index contributed by atoms with van der Waals surface area (Å²) in [5.41, 5.74) is 0. The molecule has 1 aliphatic rings. The molecule has 1 atom stereocenters. The maximum absolute atomic E-state index is 11.9. The van der Waals surface area contributed by atoms with Crippen molar-refractivity contribution in [3.63, 3.8) is 0 Å². The van der Waals surface area contributed by atoms with E-state index < -0.39 is 12.0 Å². The van der Waals surface area contributed by atoms with E-state index in [4.69, 9.17) is 5.11 Å². The number of nitrogens with zero attached hydrogens (tertiary/aromatic N) is 3. The van der Waals surface area contributed by atoms with Crippen molar-refractivity contribution in [2.24, 2.45) is 0 Å². The minimum Gasteiger partial charge on any atom is -0.480 e. The first-order valence-electron chi connectivity index (χ1n) is 6.21. The highest BCUT2D eigenvalue weighted by Crippen LogP contribution is 2.17. The maximum atomic E-state index is 11.9. The third-order valence-corrected chi connectivity index (χ3v) is 3.08. The second kappa shape index (κ2) is 6.17. The van der Waals surface area contributed by atoms with Crippen LogP contribution >= 0.6 is 0 Å². The molecule has 1 aromatic rings. The van der Waals surface area contributed by atoms with Gasteiger partial charge in [-0.15, -0.1) is 0 Å². The fourth-order valence-corrected chi connectivity index (χ4v) is 2.12. The van der Waals surface area contributed by atoms with Crippen molar-refractivity contribution in [2.45, 2.75) is 31.7 Å². The Morgan fingerprint density at radius 1 is 1.53 bits per heavy atom. The molecule has 104 valence electrons. The Hall–Kier alpha value is -2.12. The van der Waals surface area contributed by atoms with E-state index in [0.29, 0.717) is 31.8 Å². The van der Waals surface area contributed by atoms with Gasteiger partial charge < -0.3 is 19.8 Å². The SMILES string of the molecule is O=C(O)C1CCCCN1C(=O)NCCc1ncon1. The summed E-state index contributed by atoms with van der Waals surface area (Å²) in [5.74, 6) is -0.443. The zero-order chi connectivity index (χ0) is 13.7. The molecule has 0 saturated carbocycles. The number of amides is 2. The molecule has 0 bridgehead atoms. The minimum atomic E-state index is -0.951. The van der Waals surface area contributed by atoms with Gasteiger partial charge in [-0.25, -0.2) is 9.59 Å². The highest BCUT2D eigenvalue weighted by Gasteiger charge is 2.31. The normalized spacial score (nSPS) is 19.2. The summed E-state index contributed by atoms with van der Waals surface area (Å²) in [6, 6.07) is -1.07. The van der Waals surface area contributed by atoms with E-state index in [1.54, 1.807) is 0 Å². The predicted molar refractivity (Wildman–Crippen MR) is 63.4 cm³/mol. The Kier molecular flexibility index (Phi) is 4.32. The lowest BCUT2D eigenvalue weighted by Crippen LogP contribution is -2.52. The molecule has 2 heterocycles. The predicted octanol–water partition coefficient (Wildman–Crippen LogP) is 0.261. The van der Waals surface area contributed by atoms with Crippen molar-refractivity contribution in [3.05, 3.63) is 12.2 Å². The lowest BCUT2D eigenvalue weighted by molar-refractivity contribution is -0.143. The van der Waals surface area contributed by atoms with Gasteiger partial charge in [-0.05, 0) is 19.3 Å². The first kappa shape index (κ1) is 13.3. The molecule has 1 aliphatic heterocycles. The number of aliphatic carboxylic acids is 1. The van der Waals surface area contributed by atoms with Crippen molar-refractivity contribution in [1.29, 1.82) is 0 Å². The van der Waals surface area contributed by atoms with Crippen LogP contribution in [0.5, 0.6) is 0 Å². The fourth-order valence-electron chi connectivity index (χ4n) is 2.12. The highest BCUT2D eigenvalue weighted by molar-refractivity contribution is 5.82. The zero-order valence-electron chi connectivity index (χ0n) is 10.4. The van der Waals surface area contributed by atoms with Gasteiger partial charge in [0.05, 0.1) is 0 Å². The molecule has 1 saturated heterocycles. The van der Waals surface area contributed by atoms with Crippen LogP contribution < -0.4 is 5.32 Å². The Morgan fingerprint density at radius 3 is 3.05 bits per heavy atom. The number of aromatic nitrogens is 2. The van der Waals surface area contributed by atoms with Gasteiger partial charge in [0.1, 0.15) is 6.04 Å². The van der Waals surface area contributed by atoms with Gasteiger partial charge in [0.15, 0.2) is 5.82 Å². The van der Waals surface area contributed by atoms with E-state index >= 15 is 0 Å². The topological polar surface area (TPSA) is 109 Å². The molecule has 1 fully saturated rings. The van der Waals surface area contributed by atoms with Gasteiger partial charge in [-0.3, -0.25) is 0 Å². The van der Waals surface area contributed by atoms with Crippen LogP contribution in [0.4, 0.5) is 4.79 Å². The standard InChI is InChI=1S/C11H16N4O4/c16-10(17)8-3-1-2-6-15(8)11(18)12-5-4-9-13-7-19-14-9/h7-8H,1-6H2,(H,12,18)(H,16,17). The van der Waals surface area contributed by atoms with Gasteiger partial charge in [0, 0.05) is 19.5 Å². The van der Waals surface area contributed by atoms with E-state index in [2.05, 4.69) is 20.0 Å². The van der Waals surface area contributed by atoms with Crippen LogP contribution in [0.2, 0.25) is 0 Å². The van der Waals surface area contributed by atoms with Gasteiger partial charge in [0.25, 0.3) is 0 Å². The molecule has 0 radical (unpaired) electrons. The molecule has 0 spiro atoms. The van der Waals surface area contributed by atoms with Gasteiger partial charge in [0.2, 0.25) is 6.39 Å². The lowest BCUT2D eigenvalue weighted by atomic mass is 10.0. The summed E-state index contributed by atoms with van der Waals surface area (Å²) in [5, 5.41) is 15.4. The molecule has 1 unspecified atom stereocenters. The molecule has 2 N–H and O–H groups in total. The van der Waals surface area contributed by atoms with Crippen LogP contribution in [0, 0.1) is 0 Å². The van der Waals surface area contributed by atoms with E-state index in [0.717, 1.165) is 12.8 Å². The summed E-state index contributed by atoms with van der Waals surface area (Å²) in [6.45, 7) is 0.826. The molecule has 0 aromatic carbocycles. The van der Waals surface area contributed by atoms with Crippen LogP contribution in [0.25, 0.3) is 0 Å². The van der Waals surface area contributed by atoms with Crippen molar-refractivity contribution in [1.82, 2.24) is 20.4 Å². The van der Waals surface area contributed by atoms with Crippen molar-refractivity contribution < 1.29 is 19.2 Å². The lowest BCUT2D eigenvalue weighted by Gasteiger charge is -2.32. The van der Waals surface area contributed by atoms with E-state index in [1.165, 1.54) is 11.3 Å². The number of carbonyl (C=O) groups excluding carboxylic acids is 1. The quantitative estimate of drug-likeness (QED) is 0.810. The number of carboxylic acids is 1. The molecule has 2 amide bonds. The van der Waals surface area contributed by atoms with E-state index in [1.807, 2.05) is 0 Å². The van der Waals surface area contributed by atoms with E-state index in [9.17, 15) is 9.59 Å². The monoisotopic (exact) mass is 268 g/mol. The van der Waals surface area contributed by atoms with Gasteiger partial charge in [-0.2, -0.15) is 4.98 Å². The van der Waals surface area contributed by atoms with Crippen molar-refractivity contribution in [2.75, 3.05) is 13.1 Å². The number of carbonyl (C=O) groups is 2. The van der Waals surface area contributed by atoms with Crippen LogP contribution in [0.3, 0.4) is 0 Å². The number of rotatable bonds is 4. The first-order valence-corrected chi connectivity index (χ1v) is 6.21. The summed E-state index contributed by atoms with van der Waals surface area (Å²) < 4.78 is 4.57.